The Balaban J connectivity index is 0.000000258. The minimum atomic E-state index is -2.34. The van der Waals surface area contributed by atoms with Crippen molar-refractivity contribution in [2.45, 2.75) is 26.2 Å². The molecular formula is C13H17BrNO3S-. The Bertz CT molecular complexity index is 478. The van der Waals surface area contributed by atoms with Crippen LogP contribution in [0, 0.1) is 0 Å². The smallest absolute Gasteiger partial charge is 0.205 e. The lowest BCUT2D eigenvalue weighted by Gasteiger charge is -2.02. The molecule has 1 atom stereocenters. The molecule has 4 nitrogen and oxygen atoms in total. The van der Waals surface area contributed by atoms with Crippen LogP contribution in [0.25, 0.3) is 11.0 Å². The molecule has 0 aliphatic carbocycles. The quantitative estimate of drug-likeness (QED) is 0.501. The average molecular weight is 347 g/mol. The molecular weight excluding hydrogens is 330 g/mol. The third-order valence-electron chi connectivity index (χ3n) is 2.35. The normalized spacial score (nSPS) is 11.7. The summed E-state index contributed by atoms with van der Waals surface area (Å²) < 4.78 is 27.9. The van der Waals surface area contributed by atoms with Crippen molar-refractivity contribution in [1.82, 2.24) is 0 Å². The summed E-state index contributed by atoms with van der Waals surface area (Å²) in [5.74, 6) is 0.231. The maximum absolute atomic E-state index is 10.3. The first-order valence-corrected chi connectivity index (χ1v) is 8.27. The number of alkyl halides is 1. The van der Waals surface area contributed by atoms with E-state index in [0.29, 0.717) is 5.58 Å². The number of hydrogen-bond acceptors (Lipinski definition) is 3. The fourth-order valence-electron chi connectivity index (χ4n) is 1.46. The van der Waals surface area contributed by atoms with Crippen molar-refractivity contribution in [3.8, 4) is 0 Å². The summed E-state index contributed by atoms with van der Waals surface area (Å²) >= 11 is 1.01. The van der Waals surface area contributed by atoms with Crippen molar-refractivity contribution in [3.05, 3.63) is 30.3 Å². The molecule has 0 spiro atoms. The highest BCUT2D eigenvalue weighted by molar-refractivity contribution is 9.09. The lowest BCUT2D eigenvalue weighted by Crippen LogP contribution is -2.00. The van der Waals surface area contributed by atoms with Gasteiger partial charge in [0.15, 0.2) is 0 Å². The van der Waals surface area contributed by atoms with Crippen molar-refractivity contribution < 1.29 is 13.2 Å². The van der Waals surface area contributed by atoms with Gasteiger partial charge in [-0.15, -0.1) is 0 Å². The lowest BCUT2D eigenvalue weighted by molar-refractivity contribution is 0.539. The molecule has 2 aromatic rings. The minimum Gasteiger partial charge on any atom is -0.755 e. The first kappa shape index (κ1) is 16.2. The van der Waals surface area contributed by atoms with Crippen LogP contribution in [0.15, 0.2) is 34.7 Å². The Morgan fingerprint density at radius 3 is 2.63 bits per heavy atom. The molecule has 1 aromatic carbocycles. The predicted molar refractivity (Wildman–Crippen MR) is 82.1 cm³/mol. The van der Waals surface area contributed by atoms with Crippen molar-refractivity contribution in [1.29, 1.82) is 0 Å². The molecule has 2 rings (SSSR count). The van der Waals surface area contributed by atoms with Gasteiger partial charge >= 0.3 is 0 Å². The van der Waals surface area contributed by atoms with Gasteiger partial charge in [-0.1, -0.05) is 53.9 Å². The average Bonchev–Trinajstić information content (AvgIpc) is 2.78. The predicted octanol–water partition coefficient (Wildman–Crippen LogP) is 4.21. The van der Waals surface area contributed by atoms with Crippen molar-refractivity contribution in [2.75, 3.05) is 10.1 Å². The Kier molecular flexibility index (Phi) is 7.78. The van der Waals surface area contributed by atoms with Gasteiger partial charge in [0.2, 0.25) is 5.88 Å². The zero-order valence-electron chi connectivity index (χ0n) is 10.7. The zero-order chi connectivity index (χ0) is 14.1. The Labute approximate surface area is 124 Å². The first-order valence-electron chi connectivity index (χ1n) is 6.07. The molecule has 0 saturated carbocycles. The molecule has 0 aliphatic heterocycles. The summed E-state index contributed by atoms with van der Waals surface area (Å²) in [6, 6.07) is 8.93. The molecule has 1 unspecified atom stereocenters. The van der Waals surface area contributed by atoms with Gasteiger partial charge in [0.1, 0.15) is 5.58 Å². The fourth-order valence-corrected chi connectivity index (χ4v) is 2.12. The molecule has 1 aromatic heterocycles. The van der Waals surface area contributed by atoms with Gasteiger partial charge in [-0.2, -0.15) is 0 Å². The number of para-hydroxylation sites is 1. The van der Waals surface area contributed by atoms with E-state index in [1.807, 2.05) is 18.2 Å². The maximum atomic E-state index is 10.3. The highest BCUT2D eigenvalue weighted by Crippen LogP contribution is 2.22. The second kappa shape index (κ2) is 9.12. The van der Waals surface area contributed by atoms with Crippen molar-refractivity contribution in [2.24, 2.45) is 0 Å². The number of rotatable bonds is 5. The minimum absolute atomic E-state index is 0.231. The standard InChI is InChI=1S/C8H7NO3S.C5H11Br/c10-13(11)9-8-5-6-3-1-2-4-7(6)12-8;1-2-3-4-5-6/h1-5,9H,(H,10,11);2-5H2,1H3/p-1. The van der Waals surface area contributed by atoms with Crippen LogP contribution in [0.5, 0.6) is 0 Å². The topological polar surface area (TPSA) is 65.3 Å². The molecule has 0 bridgehead atoms. The first-order chi connectivity index (χ1) is 9.17. The number of furan rings is 1. The van der Waals surface area contributed by atoms with Crippen LogP contribution in [0.4, 0.5) is 5.88 Å². The van der Waals surface area contributed by atoms with E-state index in [2.05, 4.69) is 27.6 Å². The third kappa shape index (κ3) is 6.22. The second-order valence-corrected chi connectivity index (χ2v) is 5.35. The number of unbranched alkanes of at least 4 members (excludes halogenated alkanes) is 2. The van der Waals surface area contributed by atoms with E-state index in [0.717, 1.165) is 5.39 Å². The van der Waals surface area contributed by atoms with Gasteiger partial charge in [0.25, 0.3) is 0 Å². The van der Waals surface area contributed by atoms with E-state index in [-0.39, 0.29) is 5.88 Å². The molecule has 6 heteroatoms. The van der Waals surface area contributed by atoms with Gasteiger partial charge in [0, 0.05) is 28.0 Å². The zero-order valence-corrected chi connectivity index (χ0v) is 13.1. The summed E-state index contributed by atoms with van der Waals surface area (Å²) in [6.07, 6.45) is 4.02. The highest BCUT2D eigenvalue weighted by atomic mass is 79.9. The van der Waals surface area contributed by atoms with Crippen molar-refractivity contribution >= 4 is 44.0 Å². The van der Waals surface area contributed by atoms with Crippen LogP contribution in [-0.2, 0) is 11.3 Å². The number of fused-ring (bicyclic) bond motifs is 1. The largest absolute Gasteiger partial charge is 0.755 e. The molecule has 0 amide bonds. The van der Waals surface area contributed by atoms with Crippen molar-refractivity contribution in [3.63, 3.8) is 0 Å². The molecule has 0 saturated heterocycles. The second-order valence-electron chi connectivity index (χ2n) is 3.88. The van der Waals surface area contributed by atoms with Crippen LogP contribution in [0.1, 0.15) is 26.2 Å². The molecule has 1 heterocycles. The summed E-state index contributed by atoms with van der Waals surface area (Å²) in [5, 5.41) is 2.04. The van der Waals surface area contributed by atoms with E-state index >= 15 is 0 Å². The van der Waals surface area contributed by atoms with Gasteiger partial charge in [-0.05, 0) is 12.5 Å². The molecule has 0 fully saturated rings. The molecule has 19 heavy (non-hydrogen) atoms. The van der Waals surface area contributed by atoms with Gasteiger partial charge in [0.05, 0.1) is 0 Å². The molecule has 1 N–H and O–H groups in total. The summed E-state index contributed by atoms with van der Waals surface area (Å²) in [7, 11) is 0. The summed E-state index contributed by atoms with van der Waals surface area (Å²) in [5.41, 5.74) is 0.662. The van der Waals surface area contributed by atoms with Gasteiger partial charge in [-0.25, -0.2) is 0 Å². The van der Waals surface area contributed by atoms with E-state index < -0.39 is 11.3 Å². The van der Waals surface area contributed by atoms with Crippen LogP contribution in [-0.4, -0.2) is 14.1 Å². The van der Waals surface area contributed by atoms with Crippen LogP contribution in [0.3, 0.4) is 0 Å². The highest BCUT2D eigenvalue weighted by Gasteiger charge is 2.00. The summed E-state index contributed by atoms with van der Waals surface area (Å²) in [4.78, 5) is 0. The SMILES string of the molecule is CCCCCBr.O=S([O-])Nc1cc2ccccc2o1. The summed E-state index contributed by atoms with van der Waals surface area (Å²) in [6.45, 7) is 2.21. The van der Waals surface area contributed by atoms with Crippen LogP contribution < -0.4 is 4.72 Å². The Hall–Kier alpha value is -0.850. The molecule has 0 aliphatic rings. The fraction of sp³-hybridized carbons (Fsp3) is 0.385. The number of halogens is 1. The van der Waals surface area contributed by atoms with Crippen LogP contribution >= 0.6 is 15.9 Å². The Morgan fingerprint density at radius 2 is 2.11 bits per heavy atom. The van der Waals surface area contributed by atoms with Gasteiger partial charge < -0.3 is 8.97 Å². The number of anilines is 1. The Morgan fingerprint density at radius 1 is 1.37 bits per heavy atom. The monoisotopic (exact) mass is 346 g/mol. The molecule has 106 valence electrons. The number of nitrogens with one attached hydrogen (secondary N) is 1. The third-order valence-corrected chi connectivity index (χ3v) is 3.28. The van der Waals surface area contributed by atoms with Crippen LogP contribution in [0.2, 0.25) is 0 Å². The van der Waals surface area contributed by atoms with Gasteiger partial charge in [-0.3, -0.25) is 8.93 Å². The number of hydrogen-bond donors (Lipinski definition) is 1. The van der Waals surface area contributed by atoms with E-state index in [9.17, 15) is 8.76 Å². The van der Waals surface area contributed by atoms with E-state index in [4.69, 9.17) is 4.42 Å². The molecule has 0 radical (unpaired) electrons. The number of benzene rings is 1. The van der Waals surface area contributed by atoms with E-state index in [1.54, 1.807) is 12.1 Å². The lowest BCUT2D eigenvalue weighted by atomic mass is 10.3. The maximum Gasteiger partial charge on any atom is 0.205 e. The van der Waals surface area contributed by atoms with E-state index in [1.165, 1.54) is 24.6 Å².